The van der Waals surface area contributed by atoms with Gasteiger partial charge < -0.3 is 15.9 Å². The fraction of sp³-hybridized carbons (Fsp3) is 0.714. The monoisotopic (exact) mass is 365 g/mol. The van der Waals surface area contributed by atoms with Gasteiger partial charge in [0.25, 0.3) is 0 Å². The van der Waals surface area contributed by atoms with Crippen LogP contribution in [-0.4, -0.2) is 16.3 Å². The van der Waals surface area contributed by atoms with Gasteiger partial charge in [0.15, 0.2) is 0 Å². The minimum atomic E-state index is 0. The van der Waals surface area contributed by atoms with E-state index in [0.717, 1.165) is 30.4 Å². The third-order valence-electron chi connectivity index (χ3n) is 8.34. The van der Waals surface area contributed by atoms with Crippen molar-refractivity contribution in [2.75, 3.05) is 0 Å². The summed E-state index contributed by atoms with van der Waals surface area (Å²) < 4.78 is 0. The van der Waals surface area contributed by atoms with E-state index in [1.54, 1.807) is 0 Å². The number of phenolic OH excluding ortho intramolecular Hbond substituents is 2. The minimum Gasteiger partial charge on any atom is -0.508 e. The molecular weight excluding hydrogens is 334 g/mol. The zero-order valence-electron chi connectivity index (χ0n) is 15.8. The van der Waals surface area contributed by atoms with E-state index < -0.39 is 0 Å². The highest BCUT2D eigenvalue weighted by molar-refractivity contribution is 5.85. The molecular formula is C21H32ClNO2. The highest BCUT2D eigenvalue weighted by Crippen LogP contribution is 2.68. The molecule has 0 radical (unpaired) electrons. The van der Waals surface area contributed by atoms with Crippen LogP contribution in [0.3, 0.4) is 0 Å². The van der Waals surface area contributed by atoms with Crippen LogP contribution in [-0.2, 0) is 11.8 Å². The summed E-state index contributed by atoms with van der Waals surface area (Å²) in [6, 6.07) is 3.67. The third-order valence-corrected chi connectivity index (χ3v) is 8.34. The van der Waals surface area contributed by atoms with Crippen LogP contribution in [0.15, 0.2) is 12.1 Å². The molecule has 0 bridgehead atoms. The van der Waals surface area contributed by atoms with Crippen LogP contribution in [0.1, 0.15) is 64.5 Å². The molecule has 4 rings (SSSR count). The summed E-state index contributed by atoms with van der Waals surface area (Å²) in [5, 5.41) is 20.5. The number of phenols is 2. The van der Waals surface area contributed by atoms with Gasteiger partial charge in [-0.25, -0.2) is 0 Å². The summed E-state index contributed by atoms with van der Waals surface area (Å²) >= 11 is 0. The predicted octanol–water partition coefficient (Wildman–Crippen LogP) is 4.51. The second kappa shape index (κ2) is 5.53. The van der Waals surface area contributed by atoms with Crippen molar-refractivity contribution >= 4 is 12.4 Å². The molecule has 1 aromatic rings. The van der Waals surface area contributed by atoms with Gasteiger partial charge in [-0.05, 0) is 66.4 Å². The highest BCUT2D eigenvalue weighted by Gasteiger charge is 2.62. The maximum absolute atomic E-state index is 10.6. The Hall–Kier alpha value is -0.930. The Kier molecular flexibility index (Phi) is 4.17. The van der Waals surface area contributed by atoms with Crippen LogP contribution in [0.2, 0.25) is 0 Å². The van der Waals surface area contributed by atoms with E-state index in [9.17, 15) is 10.2 Å². The van der Waals surface area contributed by atoms with E-state index in [4.69, 9.17) is 5.73 Å². The lowest BCUT2D eigenvalue weighted by Gasteiger charge is -2.62. The average Bonchev–Trinajstić information content (AvgIpc) is 2.77. The van der Waals surface area contributed by atoms with E-state index >= 15 is 0 Å². The van der Waals surface area contributed by atoms with Gasteiger partial charge in [-0.1, -0.05) is 27.7 Å². The summed E-state index contributed by atoms with van der Waals surface area (Å²) in [7, 11) is 0. The predicted molar refractivity (Wildman–Crippen MR) is 103 cm³/mol. The van der Waals surface area contributed by atoms with Gasteiger partial charge in [0.2, 0.25) is 0 Å². The molecule has 25 heavy (non-hydrogen) atoms. The fourth-order valence-electron chi connectivity index (χ4n) is 7.05. The van der Waals surface area contributed by atoms with Crippen molar-refractivity contribution in [3.05, 3.63) is 23.3 Å². The van der Waals surface area contributed by atoms with E-state index in [0.29, 0.717) is 11.8 Å². The molecule has 3 nitrogen and oxygen atoms in total. The van der Waals surface area contributed by atoms with Crippen LogP contribution >= 0.6 is 12.4 Å². The largest absolute Gasteiger partial charge is 0.508 e. The molecule has 4 heteroatoms. The summed E-state index contributed by atoms with van der Waals surface area (Å²) in [6.07, 6.45) is 5.49. The van der Waals surface area contributed by atoms with Gasteiger partial charge in [-0.2, -0.15) is 0 Å². The smallest absolute Gasteiger partial charge is 0.123 e. The summed E-state index contributed by atoms with van der Waals surface area (Å²) in [5.41, 5.74) is 9.16. The molecule has 1 aromatic carbocycles. The van der Waals surface area contributed by atoms with Crippen molar-refractivity contribution in [3.8, 4) is 11.5 Å². The second-order valence-electron chi connectivity index (χ2n) is 9.74. The van der Waals surface area contributed by atoms with Crippen LogP contribution in [0.5, 0.6) is 11.5 Å². The van der Waals surface area contributed by atoms with E-state index in [-0.39, 0.29) is 46.2 Å². The van der Waals surface area contributed by atoms with E-state index in [2.05, 4.69) is 27.7 Å². The number of hydrogen-bond donors (Lipinski definition) is 3. The first kappa shape index (κ1) is 18.8. The molecule has 0 aromatic heterocycles. The minimum absolute atomic E-state index is 0. The Morgan fingerprint density at radius 3 is 2.36 bits per heavy atom. The molecule has 0 aliphatic heterocycles. The number of nitrogens with two attached hydrogens (primary N) is 1. The van der Waals surface area contributed by atoms with E-state index in [1.807, 2.05) is 6.07 Å². The molecule has 2 fully saturated rings. The molecule has 0 spiro atoms. The van der Waals surface area contributed by atoms with Crippen molar-refractivity contribution < 1.29 is 10.2 Å². The molecule has 2 saturated carbocycles. The lowest BCUT2D eigenvalue weighted by molar-refractivity contribution is -0.107. The molecule has 3 aliphatic carbocycles. The topological polar surface area (TPSA) is 66.5 Å². The lowest BCUT2D eigenvalue weighted by Crippen LogP contribution is -2.60. The van der Waals surface area contributed by atoms with E-state index in [1.165, 1.54) is 18.9 Å². The molecule has 0 heterocycles. The molecule has 0 saturated heterocycles. The van der Waals surface area contributed by atoms with Gasteiger partial charge in [0.05, 0.1) is 0 Å². The van der Waals surface area contributed by atoms with Crippen molar-refractivity contribution in [2.24, 2.45) is 28.4 Å². The van der Waals surface area contributed by atoms with Crippen LogP contribution < -0.4 is 5.73 Å². The molecule has 4 N–H and O–H groups in total. The number of aromatic hydroxyl groups is 2. The maximum atomic E-state index is 10.6. The zero-order chi connectivity index (χ0) is 17.5. The first-order chi connectivity index (χ1) is 11.1. The number of hydrogen-bond acceptors (Lipinski definition) is 3. The van der Waals surface area contributed by atoms with Gasteiger partial charge >= 0.3 is 0 Å². The number of rotatable bonds is 0. The summed E-state index contributed by atoms with van der Waals surface area (Å²) in [5.74, 6) is 1.60. The van der Waals surface area contributed by atoms with Gasteiger partial charge in [0, 0.05) is 23.1 Å². The second-order valence-corrected chi connectivity index (χ2v) is 9.74. The Morgan fingerprint density at radius 1 is 1.00 bits per heavy atom. The number of fused-ring (bicyclic) bond motifs is 5. The SMILES string of the molecule is CC1(C)C2CC[C@]3(C)c4c(O)cc(O)cc4C[C@H]3[C@]2(C)CC[C@H]1N.Cl. The lowest BCUT2D eigenvalue weighted by atomic mass is 9.43. The number of benzene rings is 1. The molecule has 3 aliphatic rings. The maximum Gasteiger partial charge on any atom is 0.123 e. The summed E-state index contributed by atoms with van der Waals surface area (Å²) in [6.45, 7) is 9.51. The average molecular weight is 366 g/mol. The van der Waals surface area contributed by atoms with Crippen molar-refractivity contribution in [3.63, 3.8) is 0 Å². The summed E-state index contributed by atoms with van der Waals surface area (Å²) in [4.78, 5) is 0. The normalized spacial score (nSPS) is 41.2. The van der Waals surface area contributed by atoms with Gasteiger partial charge in [-0.3, -0.25) is 0 Å². The standard InChI is InChI=1S/C21H31NO2.ClH/c1-19(2)15-5-7-21(4)16(20(15,3)8-6-17(19)22)10-12-9-13(23)11-14(24)18(12)21;/h9,11,15-17,23-24H,5-8,10,22H2,1-4H3;1H/t15?,16-,17+,20+,21-;/m0./s1. The van der Waals surface area contributed by atoms with Gasteiger partial charge in [-0.15, -0.1) is 12.4 Å². The van der Waals surface area contributed by atoms with Crippen LogP contribution in [0.4, 0.5) is 0 Å². The number of halogens is 1. The van der Waals surface area contributed by atoms with Crippen molar-refractivity contribution in [1.82, 2.24) is 0 Å². The molecule has 140 valence electrons. The quantitative estimate of drug-likeness (QED) is 0.633. The van der Waals surface area contributed by atoms with Crippen LogP contribution in [0, 0.1) is 22.7 Å². The van der Waals surface area contributed by atoms with Crippen molar-refractivity contribution in [2.45, 2.75) is 71.3 Å². The Balaban J connectivity index is 0.00000182. The molecule has 1 unspecified atom stereocenters. The van der Waals surface area contributed by atoms with Gasteiger partial charge in [0.1, 0.15) is 11.5 Å². The Morgan fingerprint density at radius 2 is 1.68 bits per heavy atom. The zero-order valence-corrected chi connectivity index (χ0v) is 16.6. The first-order valence-corrected chi connectivity index (χ1v) is 9.41. The van der Waals surface area contributed by atoms with Crippen LogP contribution in [0.25, 0.3) is 0 Å². The Bertz CT molecular complexity index is 703. The first-order valence-electron chi connectivity index (χ1n) is 9.41. The molecule has 0 amide bonds. The Labute approximate surface area is 157 Å². The van der Waals surface area contributed by atoms with Crippen molar-refractivity contribution in [1.29, 1.82) is 0 Å². The molecule has 5 atom stereocenters. The fourth-order valence-corrected chi connectivity index (χ4v) is 7.05. The highest BCUT2D eigenvalue weighted by atomic mass is 35.5. The third kappa shape index (κ3) is 2.28.